The van der Waals surface area contributed by atoms with Crippen molar-refractivity contribution < 1.29 is 9.53 Å². The van der Waals surface area contributed by atoms with Crippen LogP contribution in [0.4, 0.5) is 0 Å². The van der Waals surface area contributed by atoms with E-state index in [9.17, 15) is 4.79 Å². The average molecular weight is 347 g/mol. The predicted molar refractivity (Wildman–Crippen MR) is 89.3 cm³/mol. The van der Waals surface area contributed by atoms with Crippen molar-refractivity contribution in [2.75, 3.05) is 11.9 Å². The molecule has 2 rings (SSSR count). The van der Waals surface area contributed by atoms with Gasteiger partial charge in [0.2, 0.25) is 0 Å². The molecule has 0 saturated carbocycles. The van der Waals surface area contributed by atoms with Crippen molar-refractivity contribution in [3.8, 4) is 5.75 Å². The molecule has 0 radical (unpaired) electrons. The molecule has 1 atom stereocenters. The van der Waals surface area contributed by atoms with Crippen molar-refractivity contribution in [3.05, 3.63) is 65.7 Å². The van der Waals surface area contributed by atoms with E-state index < -0.39 is 0 Å². The van der Waals surface area contributed by atoms with Gasteiger partial charge in [0.25, 0.3) is 0 Å². The topological polar surface area (TPSA) is 26.3 Å². The Morgan fingerprint density at radius 3 is 2.33 bits per heavy atom. The smallest absolute Gasteiger partial charge is 0.134 e. The Kier molecular flexibility index (Phi) is 6.00. The number of ketones is 1. The Morgan fingerprint density at radius 2 is 1.76 bits per heavy atom. The summed E-state index contributed by atoms with van der Waals surface area (Å²) in [5.41, 5.74) is 2.29. The van der Waals surface area contributed by atoms with Crippen LogP contribution >= 0.6 is 15.9 Å². The van der Waals surface area contributed by atoms with Gasteiger partial charge in [-0.2, -0.15) is 0 Å². The summed E-state index contributed by atoms with van der Waals surface area (Å²) < 4.78 is 5.86. The van der Waals surface area contributed by atoms with Crippen LogP contribution in [0.5, 0.6) is 5.75 Å². The van der Waals surface area contributed by atoms with E-state index >= 15 is 0 Å². The lowest BCUT2D eigenvalue weighted by molar-refractivity contribution is -0.116. The highest BCUT2D eigenvalue weighted by Crippen LogP contribution is 2.20. The third kappa shape index (κ3) is 5.01. The van der Waals surface area contributed by atoms with Crippen molar-refractivity contribution in [1.82, 2.24) is 0 Å². The van der Waals surface area contributed by atoms with Crippen LogP contribution in [0.1, 0.15) is 24.0 Å². The first kappa shape index (κ1) is 15.8. The first-order chi connectivity index (χ1) is 10.2. The van der Waals surface area contributed by atoms with Crippen molar-refractivity contribution in [1.29, 1.82) is 0 Å². The van der Waals surface area contributed by atoms with Gasteiger partial charge < -0.3 is 4.74 Å². The average Bonchev–Trinajstić information content (AvgIpc) is 2.50. The van der Waals surface area contributed by atoms with Crippen LogP contribution < -0.4 is 4.74 Å². The molecule has 0 aliphatic carbocycles. The fourth-order valence-corrected chi connectivity index (χ4v) is 2.70. The van der Waals surface area contributed by atoms with Crippen LogP contribution in [0.3, 0.4) is 0 Å². The van der Waals surface area contributed by atoms with E-state index in [2.05, 4.69) is 28.1 Å². The van der Waals surface area contributed by atoms with E-state index in [1.165, 1.54) is 5.56 Å². The molecule has 0 heterocycles. The van der Waals surface area contributed by atoms with Gasteiger partial charge in [-0.1, -0.05) is 58.4 Å². The molecular weight excluding hydrogens is 328 g/mol. The molecule has 0 fully saturated rings. The minimum absolute atomic E-state index is 0.173. The van der Waals surface area contributed by atoms with Crippen molar-refractivity contribution in [2.45, 2.75) is 19.3 Å². The zero-order valence-corrected chi connectivity index (χ0v) is 13.7. The quantitative estimate of drug-likeness (QED) is 0.695. The maximum Gasteiger partial charge on any atom is 0.134 e. The molecule has 0 N–H and O–H groups in total. The van der Waals surface area contributed by atoms with E-state index in [1.807, 2.05) is 42.5 Å². The fourth-order valence-electron chi connectivity index (χ4n) is 2.14. The minimum atomic E-state index is 0.173. The number of carbonyl (C=O) groups is 1. The molecule has 0 aliphatic rings. The van der Waals surface area contributed by atoms with Gasteiger partial charge in [-0.15, -0.1) is 0 Å². The Labute approximate surface area is 134 Å². The zero-order valence-electron chi connectivity index (χ0n) is 12.1. The Hall–Kier alpha value is -1.61. The normalized spacial score (nSPS) is 11.9. The monoisotopic (exact) mass is 346 g/mol. The van der Waals surface area contributed by atoms with E-state index in [0.717, 1.165) is 16.6 Å². The van der Waals surface area contributed by atoms with Gasteiger partial charge in [0.05, 0.1) is 6.61 Å². The molecule has 3 heteroatoms. The van der Waals surface area contributed by atoms with Gasteiger partial charge in [0, 0.05) is 17.7 Å². The third-order valence-corrected chi connectivity index (χ3v) is 4.07. The summed E-state index contributed by atoms with van der Waals surface area (Å²) in [7, 11) is 0. The highest BCUT2D eigenvalue weighted by atomic mass is 79.9. The van der Waals surface area contributed by atoms with E-state index in [-0.39, 0.29) is 5.78 Å². The number of halogens is 1. The molecule has 0 aromatic heterocycles. The number of carbonyl (C=O) groups excluding carboxylic acids is 1. The molecule has 0 spiro atoms. The SMILES string of the molecule is CC(=O)Cc1ccc(OCC(CBr)c2ccccc2)cc1. The largest absolute Gasteiger partial charge is 0.493 e. The molecule has 21 heavy (non-hydrogen) atoms. The van der Waals surface area contributed by atoms with Crippen molar-refractivity contribution >= 4 is 21.7 Å². The fraction of sp³-hybridized carbons (Fsp3) is 0.278. The number of ether oxygens (including phenoxy) is 1. The van der Waals surface area contributed by atoms with E-state index in [0.29, 0.717) is 18.9 Å². The van der Waals surface area contributed by atoms with Crippen LogP contribution in [0.2, 0.25) is 0 Å². The molecule has 1 unspecified atom stereocenters. The lowest BCUT2D eigenvalue weighted by Gasteiger charge is -2.16. The summed E-state index contributed by atoms with van der Waals surface area (Å²) in [4.78, 5) is 11.1. The summed E-state index contributed by atoms with van der Waals surface area (Å²) in [5, 5.41) is 0.861. The van der Waals surface area contributed by atoms with Crippen LogP contribution in [0.15, 0.2) is 54.6 Å². The first-order valence-corrected chi connectivity index (χ1v) is 8.13. The maximum absolute atomic E-state index is 11.1. The number of benzene rings is 2. The highest BCUT2D eigenvalue weighted by Gasteiger charge is 2.10. The summed E-state index contributed by atoms with van der Waals surface area (Å²) in [6.07, 6.45) is 0.480. The second-order valence-electron chi connectivity index (χ2n) is 5.10. The maximum atomic E-state index is 11.1. The molecule has 0 saturated heterocycles. The highest BCUT2D eigenvalue weighted by molar-refractivity contribution is 9.09. The second-order valence-corrected chi connectivity index (χ2v) is 5.74. The van der Waals surface area contributed by atoms with Crippen molar-refractivity contribution in [3.63, 3.8) is 0 Å². The Bertz CT molecular complexity index is 564. The number of hydrogen-bond donors (Lipinski definition) is 0. The van der Waals surface area contributed by atoms with Gasteiger partial charge in [0.1, 0.15) is 11.5 Å². The van der Waals surface area contributed by atoms with Gasteiger partial charge in [-0.05, 0) is 30.2 Å². The second kappa shape index (κ2) is 7.99. The number of alkyl halides is 1. The lowest BCUT2D eigenvalue weighted by atomic mass is 10.0. The summed E-state index contributed by atoms with van der Waals surface area (Å²) in [6.45, 7) is 2.23. The van der Waals surface area contributed by atoms with Gasteiger partial charge in [-0.3, -0.25) is 4.79 Å². The molecular formula is C18H19BrO2. The summed E-state index contributed by atoms with van der Waals surface area (Å²) in [5.74, 6) is 1.33. The molecule has 2 aromatic carbocycles. The van der Waals surface area contributed by atoms with Crippen LogP contribution in [0, 0.1) is 0 Å². The van der Waals surface area contributed by atoms with Crippen molar-refractivity contribution in [2.24, 2.45) is 0 Å². The Balaban J connectivity index is 1.94. The van der Waals surface area contributed by atoms with E-state index in [1.54, 1.807) is 6.92 Å². The summed E-state index contributed by atoms with van der Waals surface area (Å²) in [6, 6.07) is 18.1. The van der Waals surface area contributed by atoms with Crippen LogP contribution in [0.25, 0.3) is 0 Å². The van der Waals surface area contributed by atoms with Gasteiger partial charge in [0.15, 0.2) is 0 Å². The number of hydrogen-bond acceptors (Lipinski definition) is 2. The molecule has 2 aromatic rings. The predicted octanol–water partition coefficient (Wildman–Crippen LogP) is 4.38. The lowest BCUT2D eigenvalue weighted by Crippen LogP contribution is -2.11. The minimum Gasteiger partial charge on any atom is -0.493 e. The molecule has 2 nitrogen and oxygen atoms in total. The number of rotatable bonds is 7. The molecule has 110 valence electrons. The number of Topliss-reactive ketones (excluding diaryl/α,β-unsaturated/α-hetero) is 1. The van der Waals surface area contributed by atoms with Gasteiger partial charge >= 0.3 is 0 Å². The third-order valence-electron chi connectivity index (χ3n) is 3.28. The Morgan fingerprint density at radius 1 is 1.10 bits per heavy atom. The first-order valence-electron chi connectivity index (χ1n) is 7.01. The standard InChI is InChI=1S/C18H19BrO2/c1-14(20)11-15-7-9-18(10-8-15)21-13-17(12-19)16-5-3-2-4-6-16/h2-10,17H,11-13H2,1H3. The van der Waals surface area contributed by atoms with Gasteiger partial charge in [-0.25, -0.2) is 0 Å². The summed E-state index contributed by atoms with van der Waals surface area (Å²) >= 11 is 3.55. The van der Waals surface area contributed by atoms with Crippen LogP contribution in [-0.2, 0) is 11.2 Å². The molecule has 0 amide bonds. The van der Waals surface area contributed by atoms with E-state index in [4.69, 9.17) is 4.74 Å². The van der Waals surface area contributed by atoms with Crippen LogP contribution in [-0.4, -0.2) is 17.7 Å². The zero-order chi connectivity index (χ0) is 15.1. The molecule has 0 bridgehead atoms. The molecule has 0 aliphatic heterocycles.